The molecule has 0 bridgehead atoms. The summed E-state index contributed by atoms with van der Waals surface area (Å²) in [5.41, 5.74) is 5.87. The summed E-state index contributed by atoms with van der Waals surface area (Å²) in [5.74, 6) is 0.787. The van der Waals surface area contributed by atoms with Gasteiger partial charge in [0.15, 0.2) is 0 Å². The third-order valence-corrected chi connectivity index (χ3v) is 4.70. The summed E-state index contributed by atoms with van der Waals surface area (Å²) in [4.78, 5) is 0. The van der Waals surface area contributed by atoms with Crippen LogP contribution in [0.4, 0.5) is 0 Å². The first-order valence-electron chi connectivity index (χ1n) is 7.27. The van der Waals surface area contributed by atoms with E-state index >= 15 is 0 Å². The molecule has 2 rings (SSSR count). The number of alkyl halides is 1. The Morgan fingerprint density at radius 3 is 2.33 bits per heavy atom. The van der Waals surface area contributed by atoms with Gasteiger partial charge in [-0.25, -0.2) is 0 Å². The number of hydrogen-bond acceptors (Lipinski definition) is 0. The van der Waals surface area contributed by atoms with Crippen LogP contribution in [0.25, 0.3) is 0 Å². The van der Waals surface area contributed by atoms with Gasteiger partial charge < -0.3 is 0 Å². The van der Waals surface area contributed by atoms with Crippen LogP contribution in [0.1, 0.15) is 54.4 Å². The minimum Gasteiger partial charge on any atom is -0.123 e. The van der Waals surface area contributed by atoms with E-state index < -0.39 is 0 Å². The van der Waals surface area contributed by atoms with Gasteiger partial charge in [0.05, 0.1) is 0 Å². The molecule has 0 nitrogen and oxygen atoms in total. The zero-order valence-electron chi connectivity index (χ0n) is 11.9. The van der Waals surface area contributed by atoms with Gasteiger partial charge in [-0.2, -0.15) is 0 Å². The Labute approximate surface area is 117 Å². The van der Waals surface area contributed by atoms with E-state index in [2.05, 4.69) is 32.9 Å². The monoisotopic (exact) mass is 264 g/mol. The highest BCUT2D eigenvalue weighted by Crippen LogP contribution is 2.31. The van der Waals surface area contributed by atoms with Gasteiger partial charge in [0.1, 0.15) is 0 Å². The first-order valence-corrected chi connectivity index (χ1v) is 7.70. The van der Waals surface area contributed by atoms with Crippen molar-refractivity contribution in [2.45, 2.75) is 64.7 Å². The molecule has 0 aromatic heterocycles. The van der Waals surface area contributed by atoms with Crippen molar-refractivity contribution in [3.05, 3.63) is 34.4 Å². The van der Waals surface area contributed by atoms with Crippen molar-refractivity contribution in [1.82, 2.24) is 0 Å². The number of halogens is 1. The molecule has 1 heteroatoms. The Kier molecular flexibility index (Phi) is 4.72. The summed E-state index contributed by atoms with van der Waals surface area (Å²) >= 11 is 6.39. The van der Waals surface area contributed by atoms with E-state index in [9.17, 15) is 0 Å². The first-order chi connectivity index (χ1) is 8.56. The van der Waals surface area contributed by atoms with E-state index in [1.54, 1.807) is 5.56 Å². The van der Waals surface area contributed by atoms with Gasteiger partial charge in [0.2, 0.25) is 0 Å². The fourth-order valence-electron chi connectivity index (χ4n) is 3.40. The molecule has 0 amide bonds. The molecule has 0 spiro atoms. The van der Waals surface area contributed by atoms with Crippen LogP contribution in [-0.2, 0) is 6.42 Å². The molecule has 1 aliphatic carbocycles. The SMILES string of the molecule is Cc1cc(C)c(CC2CCCCC(Cl)C2)c(C)c1. The maximum Gasteiger partial charge on any atom is 0.0338 e. The predicted octanol–water partition coefficient (Wildman–Crippen LogP) is 5.34. The lowest BCUT2D eigenvalue weighted by atomic mass is 9.87. The molecule has 0 saturated heterocycles. The van der Waals surface area contributed by atoms with Crippen molar-refractivity contribution in [3.63, 3.8) is 0 Å². The zero-order chi connectivity index (χ0) is 13.1. The van der Waals surface area contributed by atoms with Crippen LogP contribution in [0.2, 0.25) is 0 Å². The lowest BCUT2D eigenvalue weighted by Gasteiger charge is -2.19. The minimum absolute atomic E-state index is 0.406. The average molecular weight is 265 g/mol. The zero-order valence-corrected chi connectivity index (χ0v) is 12.7. The van der Waals surface area contributed by atoms with E-state index in [4.69, 9.17) is 11.6 Å². The molecule has 0 aliphatic heterocycles. The van der Waals surface area contributed by atoms with Crippen molar-refractivity contribution in [2.75, 3.05) is 0 Å². The van der Waals surface area contributed by atoms with Crippen LogP contribution >= 0.6 is 11.6 Å². The van der Waals surface area contributed by atoms with Crippen molar-refractivity contribution in [2.24, 2.45) is 5.92 Å². The summed E-state index contributed by atoms with van der Waals surface area (Å²) in [7, 11) is 0. The Bertz CT molecular complexity index is 385. The van der Waals surface area contributed by atoms with Crippen molar-refractivity contribution in [3.8, 4) is 0 Å². The topological polar surface area (TPSA) is 0 Å². The lowest BCUT2D eigenvalue weighted by Crippen LogP contribution is -2.10. The van der Waals surface area contributed by atoms with Crippen LogP contribution in [-0.4, -0.2) is 5.38 Å². The molecular weight excluding hydrogens is 240 g/mol. The molecular formula is C17H25Cl. The fraction of sp³-hybridized carbons (Fsp3) is 0.647. The molecule has 18 heavy (non-hydrogen) atoms. The third-order valence-electron chi connectivity index (χ3n) is 4.30. The number of hydrogen-bond donors (Lipinski definition) is 0. The maximum atomic E-state index is 6.39. The van der Waals surface area contributed by atoms with Gasteiger partial charge in [-0.1, -0.05) is 37.0 Å². The molecule has 2 unspecified atom stereocenters. The fourth-order valence-corrected chi connectivity index (χ4v) is 3.81. The molecule has 1 aromatic carbocycles. The van der Waals surface area contributed by atoms with Crippen molar-refractivity contribution >= 4 is 11.6 Å². The second-order valence-electron chi connectivity index (χ2n) is 6.06. The molecule has 1 fully saturated rings. The largest absolute Gasteiger partial charge is 0.123 e. The van der Waals surface area contributed by atoms with Gasteiger partial charge in [-0.3, -0.25) is 0 Å². The van der Waals surface area contributed by atoms with Crippen molar-refractivity contribution in [1.29, 1.82) is 0 Å². The normalized spacial score (nSPS) is 24.9. The molecule has 0 radical (unpaired) electrons. The highest BCUT2D eigenvalue weighted by molar-refractivity contribution is 6.20. The summed E-state index contributed by atoms with van der Waals surface area (Å²) in [5, 5.41) is 0.406. The summed E-state index contributed by atoms with van der Waals surface area (Å²) in [6.07, 6.45) is 7.67. The van der Waals surface area contributed by atoms with E-state index in [0.29, 0.717) is 5.38 Å². The summed E-state index contributed by atoms with van der Waals surface area (Å²) in [6.45, 7) is 6.69. The van der Waals surface area contributed by atoms with Gasteiger partial charge in [0.25, 0.3) is 0 Å². The van der Waals surface area contributed by atoms with Gasteiger partial charge in [0, 0.05) is 5.38 Å². The smallest absolute Gasteiger partial charge is 0.0338 e. The maximum absolute atomic E-state index is 6.39. The molecule has 1 aromatic rings. The molecule has 0 N–H and O–H groups in total. The second-order valence-corrected chi connectivity index (χ2v) is 6.68. The average Bonchev–Trinajstić information content (AvgIpc) is 2.48. The van der Waals surface area contributed by atoms with Crippen molar-refractivity contribution < 1.29 is 0 Å². The van der Waals surface area contributed by atoms with E-state index in [0.717, 1.165) is 5.92 Å². The third kappa shape index (κ3) is 3.51. The van der Waals surface area contributed by atoms with Crippen LogP contribution in [0.15, 0.2) is 12.1 Å². The van der Waals surface area contributed by atoms with Crippen LogP contribution in [0.3, 0.4) is 0 Å². The summed E-state index contributed by atoms with van der Waals surface area (Å²) in [6, 6.07) is 4.63. The van der Waals surface area contributed by atoms with Gasteiger partial charge in [-0.05, 0) is 62.6 Å². The number of rotatable bonds is 2. The standard InChI is InChI=1S/C17H25Cl/c1-12-8-13(2)17(14(3)9-12)11-15-6-4-5-7-16(18)10-15/h8-9,15-16H,4-7,10-11H2,1-3H3. The Morgan fingerprint density at radius 1 is 1.06 bits per heavy atom. The van der Waals surface area contributed by atoms with Crippen LogP contribution < -0.4 is 0 Å². The quantitative estimate of drug-likeness (QED) is 0.499. The summed E-state index contributed by atoms with van der Waals surface area (Å²) < 4.78 is 0. The highest BCUT2D eigenvalue weighted by atomic mass is 35.5. The molecule has 1 saturated carbocycles. The second kappa shape index (κ2) is 6.10. The van der Waals surface area contributed by atoms with E-state index in [1.165, 1.54) is 55.2 Å². The predicted molar refractivity (Wildman–Crippen MR) is 80.6 cm³/mol. The Balaban J connectivity index is 2.13. The lowest BCUT2D eigenvalue weighted by molar-refractivity contribution is 0.458. The molecule has 2 atom stereocenters. The Hall–Kier alpha value is -0.490. The number of aryl methyl sites for hydroxylation is 3. The minimum atomic E-state index is 0.406. The number of benzene rings is 1. The van der Waals surface area contributed by atoms with Crippen LogP contribution in [0, 0.1) is 26.7 Å². The van der Waals surface area contributed by atoms with Gasteiger partial charge >= 0.3 is 0 Å². The van der Waals surface area contributed by atoms with E-state index in [-0.39, 0.29) is 0 Å². The van der Waals surface area contributed by atoms with Crippen LogP contribution in [0.5, 0.6) is 0 Å². The molecule has 1 aliphatic rings. The molecule has 100 valence electrons. The van der Waals surface area contributed by atoms with Gasteiger partial charge in [-0.15, -0.1) is 11.6 Å². The highest BCUT2D eigenvalue weighted by Gasteiger charge is 2.20. The first kappa shape index (κ1) is 13.9. The van der Waals surface area contributed by atoms with E-state index in [1.807, 2.05) is 0 Å². The molecule has 0 heterocycles. The Morgan fingerprint density at radius 2 is 1.67 bits per heavy atom.